The van der Waals surface area contributed by atoms with Crippen LogP contribution in [-0.2, 0) is 0 Å². The molecule has 0 bridgehead atoms. The van der Waals surface area contributed by atoms with E-state index >= 15 is 0 Å². The molecule has 1 nitrogen and oxygen atoms in total. The topological polar surface area (TPSA) is 23.8 Å². The van der Waals surface area contributed by atoms with Gasteiger partial charge in [0.25, 0.3) is 0 Å². The van der Waals surface area contributed by atoms with Crippen molar-refractivity contribution in [3.8, 4) is 6.07 Å². The molecule has 0 N–H and O–H groups in total. The van der Waals surface area contributed by atoms with Crippen molar-refractivity contribution in [3.05, 3.63) is 47.5 Å². The van der Waals surface area contributed by atoms with Gasteiger partial charge in [-0.3, -0.25) is 0 Å². The molecule has 0 atom stereocenters. The van der Waals surface area contributed by atoms with Crippen molar-refractivity contribution in [2.75, 3.05) is 0 Å². The molecule has 1 aromatic rings. The fourth-order valence-corrected chi connectivity index (χ4v) is 1.75. The van der Waals surface area contributed by atoms with Gasteiger partial charge in [-0.2, -0.15) is 5.26 Å². The molecule has 0 radical (unpaired) electrons. The lowest BCUT2D eigenvalue weighted by Crippen LogP contribution is -1.92. The number of benzene rings is 1. The third-order valence-electron chi connectivity index (χ3n) is 2.49. The maximum atomic E-state index is 8.74. The molecule has 1 heteroatoms. The van der Waals surface area contributed by atoms with Crippen LogP contribution in [0.4, 0.5) is 0 Å². The number of rotatable bonds is 1. The zero-order valence-electron chi connectivity index (χ0n) is 7.40. The summed E-state index contributed by atoms with van der Waals surface area (Å²) in [6.07, 6.45) is 6.66. The van der Waals surface area contributed by atoms with E-state index in [1.54, 1.807) is 0 Å². The van der Waals surface area contributed by atoms with E-state index in [1.165, 1.54) is 5.56 Å². The SMILES string of the molecule is N#Cc1cccc(C2CC=CC2)c1. The molecule has 0 saturated carbocycles. The van der Waals surface area contributed by atoms with Gasteiger partial charge >= 0.3 is 0 Å². The smallest absolute Gasteiger partial charge is 0.0991 e. The minimum atomic E-state index is 0.605. The molecule has 0 spiro atoms. The number of nitrogens with zero attached hydrogens (tertiary/aromatic N) is 1. The van der Waals surface area contributed by atoms with E-state index in [1.807, 2.05) is 18.2 Å². The van der Waals surface area contributed by atoms with Crippen LogP contribution < -0.4 is 0 Å². The second-order valence-electron chi connectivity index (χ2n) is 3.38. The summed E-state index contributed by atoms with van der Waals surface area (Å²) in [5.41, 5.74) is 2.06. The number of allylic oxidation sites excluding steroid dienone is 2. The van der Waals surface area contributed by atoms with E-state index in [-0.39, 0.29) is 0 Å². The van der Waals surface area contributed by atoms with Crippen LogP contribution in [0.2, 0.25) is 0 Å². The first kappa shape index (κ1) is 8.07. The van der Waals surface area contributed by atoms with Crippen molar-refractivity contribution in [1.82, 2.24) is 0 Å². The molecule has 0 heterocycles. The maximum absolute atomic E-state index is 8.74. The van der Waals surface area contributed by atoms with Crippen LogP contribution in [0, 0.1) is 11.3 Å². The lowest BCUT2D eigenvalue weighted by molar-refractivity contribution is 0.754. The largest absolute Gasteiger partial charge is 0.192 e. The molecule has 64 valence electrons. The minimum absolute atomic E-state index is 0.605. The molecular weight excluding hydrogens is 158 g/mol. The van der Waals surface area contributed by atoms with Crippen LogP contribution in [0.25, 0.3) is 0 Å². The molecule has 0 amide bonds. The molecular formula is C12H11N. The molecule has 0 fully saturated rings. The molecule has 13 heavy (non-hydrogen) atoms. The zero-order valence-corrected chi connectivity index (χ0v) is 7.40. The number of hydrogen-bond acceptors (Lipinski definition) is 1. The Morgan fingerprint density at radius 2 is 2.00 bits per heavy atom. The Morgan fingerprint density at radius 3 is 2.69 bits per heavy atom. The van der Waals surface area contributed by atoms with Gasteiger partial charge in [-0.25, -0.2) is 0 Å². The Hall–Kier alpha value is -1.55. The standard InChI is InChI=1S/C12H11N/c13-9-10-4-3-7-12(8-10)11-5-1-2-6-11/h1-4,7-8,11H,5-6H2. The first-order valence-corrected chi connectivity index (χ1v) is 4.55. The first-order valence-electron chi connectivity index (χ1n) is 4.55. The maximum Gasteiger partial charge on any atom is 0.0991 e. The Labute approximate surface area is 78.3 Å². The number of hydrogen-bond donors (Lipinski definition) is 0. The van der Waals surface area contributed by atoms with E-state index in [9.17, 15) is 0 Å². The van der Waals surface area contributed by atoms with E-state index < -0.39 is 0 Å². The Morgan fingerprint density at radius 1 is 1.23 bits per heavy atom. The van der Waals surface area contributed by atoms with Crippen LogP contribution >= 0.6 is 0 Å². The zero-order chi connectivity index (χ0) is 9.10. The lowest BCUT2D eigenvalue weighted by Gasteiger charge is -2.08. The lowest BCUT2D eigenvalue weighted by atomic mass is 9.96. The molecule has 1 aromatic carbocycles. The van der Waals surface area contributed by atoms with E-state index in [4.69, 9.17) is 5.26 Å². The molecule has 0 unspecified atom stereocenters. The second kappa shape index (κ2) is 3.45. The highest BCUT2D eigenvalue weighted by molar-refractivity contribution is 5.35. The monoisotopic (exact) mass is 169 g/mol. The van der Waals surface area contributed by atoms with Crippen LogP contribution in [0.3, 0.4) is 0 Å². The average Bonchev–Trinajstić information content (AvgIpc) is 2.71. The van der Waals surface area contributed by atoms with Gasteiger partial charge in [0.1, 0.15) is 0 Å². The fourth-order valence-electron chi connectivity index (χ4n) is 1.75. The Balaban J connectivity index is 2.26. The summed E-state index contributed by atoms with van der Waals surface area (Å²) in [7, 11) is 0. The second-order valence-corrected chi connectivity index (χ2v) is 3.38. The van der Waals surface area contributed by atoms with Crippen molar-refractivity contribution >= 4 is 0 Å². The van der Waals surface area contributed by atoms with Gasteiger partial charge in [-0.15, -0.1) is 0 Å². The van der Waals surface area contributed by atoms with Gasteiger partial charge in [0.2, 0.25) is 0 Å². The molecule has 0 saturated heterocycles. The average molecular weight is 169 g/mol. The molecule has 1 aliphatic rings. The summed E-state index contributed by atoms with van der Waals surface area (Å²) < 4.78 is 0. The van der Waals surface area contributed by atoms with Crippen LogP contribution in [0.1, 0.15) is 29.9 Å². The summed E-state index contributed by atoms with van der Waals surface area (Å²) in [6.45, 7) is 0. The quantitative estimate of drug-likeness (QED) is 0.593. The van der Waals surface area contributed by atoms with E-state index in [0.29, 0.717) is 5.92 Å². The van der Waals surface area contributed by atoms with Gasteiger partial charge in [0.15, 0.2) is 0 Å². The van der Waals surface area contributed by atoms with Gasteiger partial charge in [-0.05, 0) is 36.5 Å². The third kappa shape index (κ3) is 1.62. The van der Waals surface area contributed by atoms with Crippen molar-refractivity contribution < 1.29 is 0 Å². The molecule has 0 aromatic heterocycles. The highest BCUT2D eigenvalue weighted by atomic mass is 14.2. The third-order valence-corrected chi connectivity index (χ3v) is 2.49. The predicted octanol–water partition coefficient (Wildman–Crippen LogP) is 2.99. The van der Waals surface area contributed by atoms with Crippen molar-refractivity contribution in [1.29, 1.82) is 5.26 Å². The first-order chi connectivity index (χ1) is 6.40. The van der Waals surface area contributed by atoms with Crippen LogP contribution in [0.5, 0.6) is 0 Å². The molecule has 0 aliphatic heterocycles. The van der Waals surface area contributed by atoms with Gasteiger partial charge in [0.05, 0.1) is 11.6 Å². The number of nitriles is 1. The van der Waals surface area contributed by atoms with Crippen molar-refractivity contribution in [3.63, 3.8) is 0 Å². The van der Waals surface area contributed by atoms with E-state index in [0.717, 1.165) is 18.4 Å². The summed E-state index contributed by atoms with van der Waals surface area (Å²) in [6, 6.07) is 10.1. The summed E-state index contributed by atoms with van der Waals surface area (Å²) >= 11 is 0. The highest BCUT2D eigenvalue weighted by Crippen LogP contribution is 2.29. The van der Waals surface area contributed by atoms with Crippen molar-refractivity contribution in [2.24, 2.45) is 0 Å². The molecule has 2 rings (SSSR count). The Kier molecular flexibility index (Phi) is 2.14. The highest BCUT2D eigenvalue weighted by Gasteiger charge is 2.12. The molecule has 1 aliphatic carbocycles. The van der Waals surface area contributed by atoms with Gasteiger partial charge in [-0.1, -0.05) is 24.3 Å². The minimum Gasteiger partial charge on any atom is -0.192 e. The van der Waals surface area contributed by atoms with Crippen molar-refractivity contribution in [2.45, 2.75) is 18.8 Å². The Bertz CT molecular complexity index is 363. The van der Waals surface area contributed by atoms with E-state index in [2.05, 4.69) is 24.3 Å². The van der Waals surface area contributed by atoms with Crippen LogP contribution in [0.15, 0.2) is 36.4 Å². The normalized spacial score (nSPS) is 15.9. The van der Waals surface area contributed by atoms with Gasteiger partial charge < -0.3 is 0 Å². The fraction of sp³-hybridized carbons (Fsp3) is 0.250. The van der Waals surface area contributed by atoms with Gasteiger partial charge in [0, 0.05) is 0 Å². The predicted molar refractivity (Wildman–Crippen MR) is 52.3 cm³/mol. The summed E-state index contributed by atoms with van der Waals surface area (Å²) in [5, 5.41) is 8.74. The van der Waals surface area contributed by atoms with Crippen LogP contribution in [-0.4, -0.2) is 0 Å². The summed E-state index contributed by atoms with van der Waals surface area (Å²) in [5.74, 6) is 0.605. The summed E-state index contributed by atoms with van der Waals surface area (Å²) in [4.78, 5) is 0.